The molecule has 3 rings (SSSR count). The van der Waals surface area contributed by atoms with Gasteiger partial charge < -0.3 is 5.11 Å². The second-order valence-corrected chi connectivity index (χ2v) is 5.03. The van der Waals surface area contributed by atoms with Gasteiger partial charge in [0.1, 0.15) is 0 Å². The molecule has 0 aliphatic rings. The fourth-order valence-electron chi connectivity index (χ4n) is 2.37. The molecule has 0 radical (unpaired) electrons. The summed E-state index contributed by atoms with van der Waals surface area (Å²) < 4.78 is 1.87. The minimum absolute atomic E-state index is 0.0834. The summed E-state index contributed by atoms with van der Waals surface area (Å²) in [5.74, 6) is -0.810. The third-order valence-corrected chi connectivity index (χ3v) is 3.43. The summed E-state index contributed by atoms with van der Waals surface area (Å²) in [6, 6.07) is 21.8. The van der Waals surface area contributed by atoms with E-state index >= 15 is 0 Å². The number of hydrogen-bond donors (Lipinski definition) is 1. The van der Waals surface area contributed by atoms with Crippen LogP contribution in [0.4, 0.5) is 0 Å². The molecule has 0 saturated heterocycles. The van der Waals surface area contributed by atoms with Crippen LogP contribution in [0.3, 0.4) is 0 Å². The molecule has 3 aromatic rings. The molecule has 2 aromatic carbocycles. The first-order chi connectivity index (χ1) is 10.7. The van der Waals surface area contributed by atoms with Gasteiger partial charge in [0.15, 0.2) is 0 Å². The van der Waals surface area contributed by atoms with Crippen molar-refractivity contribution in [2.45, 2.75) is 12.8 Å². The molecule has 1 N–H and O–H groups in total. The van der Waals surface area contributed by atoms with Gasteiger partial charge in [0, 0.05) is 12.0 Å². The lowest BCUT2D eigenvalue weighted by molar-refractivity contribution is -0.136. The maximum Gasteiger partial charge on any atom is 0.303 e. The number of carboxylic acid groups (broad SMARTS) is 1. The Bertz CT molecular complexity index is 707. The summed E-state index contributed by atoms with van der Waals surface area (Å²) in [6.45, 7) is 0. The maximum atomic E-state index is 10.8. The van der Waals surface area contributed by atoms with Crippen LogP contribution < -0.4 is 0 Å². The molecule has 0 spiro atoms. The van der Waals surface area contributed by atoms with Gasteiger partial charge >= 0.3 is 5.97 Å². The molecule has 0 saturated carbocycles. The second kappa shape index (κ2) is 6.26. The minimum atomic E-state index is -0.810. The molecule has 1 heterocycles. The average molecular weight is 292 g/mol. The number of para-hydroxylation sites is 1. The van der Waals surface area contributed by atoms with Crippen LogP contribution in [0.15, 0.2) is 66.7 Å². The fourth-order valence-corrected chi connectivity index (χ4v) is 2.37. The Hall–Kier alpha value is -2.88. The molecule has 0 fully saturated rings. The highest BCUT2D eigenvalue weighted by molar-refractivity contribution is 5.67. The normalized spacial score (nSPS) is 10.5. The first-order valence-corrected chi connectivity index (χ1v) is 7.15. The summed E-state index contributed by atoms with van der Waals surface area (Å²) in [5.41, 5.74) is 3.76. The highest BCUT2D eigenvalue weighted by Gasteiger charge is 2.12. The molecule has 0 aliphatic heterocycles. The number of benzene rings is 2. The van der Waals surface area contributed by atoms with Crippen molar-refractivity contribution in [2.24, 2.45) is 0 Å². The first-order valence-electron chi connectivity index (χ1n) is 7.15. The Labute approximate surface area is 128 Å². The monoisotopic (exact) mass is 292 g/mol. The van der Waals surface area contributed by atoms with E-state index < -0.39 is 5.97 Å². The SMILES string of the molecule is O=C(O)CCc1cc(-c2ccccc2)n(-c2ccccc2)n1. The van der Waals surface area contributed by atoms with Crippen LogP contribution >= 0.6 is 0 Å². The van der Waals surface area contributed by atoms with E-state index in [-0.39, 0.29) is 6.42 Å². The largest absolute Gasteiger partial charge is 0.481 e. The number of hydrogen-bond acceptors (Lipinski definition) is 2. The number of nitrogens with zero attached hydrogens (tertiary/aromatic N) is 2. The van der Waals surface area contributed by atoms with Gasteiger partial charge in [-0.3, -0.25) is 4.79 Å². The second-order valence-electron chi connectivity index (χ2n) is 5.03. The van der Waals surface area contributed by atoms with Crippen molar-refractivity contribution in [3.8, 4) is 16.9 Å². The van der Waals surface area contributed by atoms with E-state index in [0.29, 0.717) is 6.42 Å². The Balaban J connectivity index is 2.04. The van der Waals surface area contributed by atoms with Gasteiger partial charge in [-0.1, -0.05) is 48.5 Å². The Morgan fingerprint density at radius 1 is 1.00 bits per heavy atom. The molecule has 0 atom stereocenters. The summed E-state index contributed by atoms with van der Waals surface area (Å²) in [4.78, 5) is 10.8. The third-order valence-electron chi connectivity index (χ3n) is 3.43. The average Bonchev–Trinajstić information content (AvgIpc) is 2.99. The number of aliphatic carboxylic acids is 1. The molecule has 0 amide bonds. The Morgan fingerprint density at radius 2 is 1.64 bits per heavy atom. The van der Waals surface area contributed by atoms with Gasteiger partial charge in [0.25, 0.3) is 0 Å². The van der Waals surface area contributed by atoms with Crippen molar-refractivity contribution >= 4 is 5.97 Å². The van der Waals surface area contributed by atoms with E-state index in [1.165, 1.54) is 0 Å². The molecule has 4 nitrogen and oxygen atoms in total. The Kier molecular flexibility index (Phi) is 4.01. The standard InChI is InChI=1S/C18H16N2O2/c21-18(22)12-11-15-13-17(14-7-3-1-4-8-14)20(19-15)16-9-5-2-6-10-16/h1-10,13H,11-12H2,(H,21,22). The van der Waals surface area contributed by atoms with Crippen molar-refractivity contribution < 1.29 is 9.90 Å². The van der Waals surface area contributed by atoms with Crippen molar-refractivity contribution in [1.29, 1.82) is 0 Å². The number of rotatable bonds is 5. The zero-order chi connectivity index (χ0) is 15.4. The molecular weight excluding hydrogens is 276 g/mol. The van der Waals surface area contributed by atoms with E-state index in [1.54, 1.807) is 0 Å². The predicted molar refractivity (Wildman–Crippen MR) is 85.0 cm³/mol. The summed E-state index contributed by atoms with van der Waals surface area (Å²) in [5, 5.41) is 13.4. The van der Waals surface area contributed by atoms with E-state index in [9.17, 15) is 4.79 Å². The quantitative estimate of drug-likeness (QED) is 0.782. The van der Waals surface area contributed by atoms with Gasteiger partial charge in [0.05, 0.1) is 23.5 Å². The van der Waals surface area contributed by atoms with E-state index in [0.717, 1.165) is 22.6 Å². The van der Waals surface area contributed by atoms with Crippen LogP contribution in [0.5, 0.6) is 0 Å². The van der Waals surface area contributed by atoms with Gasteiger partial charge in [0.2, 0.25) is 0 Å². The molecule has 0 unspecified atom stereocenters. The van der Waals surface area contributed by atoms with Crippen molar-refractivity contribution in [2.75, 3.05) is 0 Å². The molecule has 1 aromatic heterocycles. The van der Waals surface area contributed by atoms with Crippen LogP contribution in [-0.2, 0) is 11.2 Å². The molecule has 22 heavy (non-hydrogen) atoms. The molecule has 4 heteroatoms. The van der Waals surface area contributed by atoms with Crippen molar-refractivity contribution in [3.63, 3.8) is 0 Å². The van der Waals surface area contributed by atoms with Gasteiger partial charge in [-0.25, -0.2) is 4.68 Å². The van der Waals surface area contributed by atoms with Crippen LogP contribution in [-0.4, -0.2) is 20.9 Å². The molecule has 110 valence electrons. The number of aryl methyl sites for hydroxylation is 1. The lowest BCUT2D eigenvalue weighted by Crippen LogP contribution is -2.01. The van der Waals surface area contributed by atoms with Crippen molar-refractivity contribution in [1.82, 2.24) is 9.78 Å². The zero-order valence-electron chi connectivity index (χ0n) is 12.0. The smallest absolute Gasteiger partial charge is 0.303 e. The molecular formula is C18H16N2O2. The zero-order valence-corrected chi connectivity index (χ0v) is 12.0. The maximum absolute atomic E-state index is 10.8. The number of aromatic nitrogens is 2. The van der Waals surface area contributed by atoms with Crippen LogP contribution in [0, 0.1) is 0 Å². The molecule has 0 aliphatic carbocycles. The summed E-state index contributed by atoms with van der Waals surface area (Å²) in [6.07, 6.45) is 0.509. The fraction of sp³-hybridized carbons (Fsp3) is 0.111. The van der Waals surface area contributed by atoms with Crippen LogP contribution in [0.1, 0.15) is 12.1 Å². The topological polar surface area (TPSA) is 55.1 Å². The summed E-state index contributed by atoms with van der Waals surface area (Å²) in [7, 11) is 0. The van der Waals surface area contributed by atoms with Gasteiger partial charge in [-0.05, 0) is 18.2 Å². The van der Waals surface area contributed by atoms with Crippen LogP contribution in [0.2, 0.25) is 0 Å². The highest BCUT2D eigenvalue weighted by atomic mass is 16.4. The third kappa shape index (κ3) is 3.06. The van der Waals surface area contributed by atoms with E-state index in [1.807, 2.05) is 71.4 Å². The van der Waals surface area contributed by atoms with Gasteiger partial charge in [-0.15, -0.1) is 0 Å². The van der Waals surface area contributed by atoms with Crippen molar-refractivity contribution in [3.05, 3.63) is 72.4 Å². The minimum Gasteiger partial charge on any atom is -0.481 e. The lowest BCUT2D eigenvalue weighted by Gasteiger charge is -2.07. The molecule has 0 bridgehead atoms. The number of carboxylic acids is 1. The van der Waals surface area contributed by atoms with E-state index in [4.69, 9.17) is 5.11 Å². The van der Waals surface area contributed by atoms with E-state index in [2.05, 4.69) is 5.10 Å². The summed E-state index contributed by atoms with van der Waals surface area (Å²) >= 11 is 0. The first kappa shape index (κ1) is 14.1. The predicted octanol–water partition coefficient (Wildman–Crippen LogP) is 3.56. The van der Waals surface area contributed by atoms with Crippen LogP contribution in [0.25, 0.3) is 16.9 Å². The lowest BCUT2D eigenvalue weighted by atomic mass is 10.1. The Morgan fingerprint density at radius 3 is 2.27 bits per heavy atom. The number of carbonyl (C=O) groups is 1. The highest BCUT2D eigenvalue weighted by Crippen LogP contribution is 2.24. The van der Waals surface area contributed by atoms with Gasteiger partial charge in [-0.2, -0.15) is 5.10 Å².